The Morgan fingerprint density at radius 3 is 2.39 bits per heavy atom. The van der Waals surface area contributed by atoms with Crippen molar-refractivity contribution in [3.05, 3.63) is 70.8 Å². The molecule has 1 saturated heterocycles. The van der Waals surface area contributed by atoms with Crippen LogP contribution in [0.15, 0.2) is 48.5 Å². The number of nitrogens with zero attached hydrogens (tertiary/aromatic N) is 1. The van der Waals surface area contributed by atoms with Gasteiger partial charge in [0.15, 0.2) is 0 Å². The van der Waals surface area contributed by atoms with Gasteiger partial charge in [0, 0.05) is 30.8 Å². The maximum atomic E-state index is 12.5. The SMILES string of the molecule is Cc1cccc(C(=O)NCC(=O)NCc2cccc(C(=O)N3CCCC3)c2)c1. The number of carbonyl (C=O) groups excluding carboxylic acids is 3. The normalized spacial score (nSPS) is 13.2. The average Bonchev–Trinajstić information content (AvgIpc) is 3.25. The van der Waals surface area contributed by atoms with E-state index in [0.29, 0.717) is 17.7 Å². The minimum absolute atomic E-state index is 0.0381. The van der Waals surface area contributed by atoms with Gasteiger partial charge < -0.3 is 15.5 Å². The molecule has 1 heterocycles. The van der Waals surface area contributed by atoms with E-state index in [4.69, 9.17) is 0 Å². The number of carbonyl (C=O) groups is 3. The van der Waals surface area contributed by atoms with Crippen LogP contribution in [-0.2, 0) is 11.3 Å². The third kappa shape index (κ3) is 5.19. The molecule has 0 unspecified atom stereocenters. The summed E-state index contributed by atoms with van der Waals surface area (Å²) < 4.78 is 0. The molecular formula is C22H25N3O3. The first-order chi connectivity index (χ1) is 13.5. The molecule has 0 aliphatic carbocycles. The molecular weight excluding hydrogens is 354 g/mol. The first-order valence-corrected chi connectivity index (χ1v) is 9.53. The van der Waals surface area contributed by atoms with Gasteiger partial charge in [-0.25, -0.2) is 0 Å². The molecule has 0 bridgehead atoms. The highest BCUT2D eigenvalue weighted by Gasteiger charge is 2.19. The molecule has 0 aromatic heterocycles. The summed E-state index contributed by atoms with van der Waals surface area (Å²) in [6, 6.07) is 14.5. The molecule has 1 fully saturated rings. The smallest absolute Gasteiger partial charge is 0.253 e. The highest BCUT2D eigenvalue weighted by Crippen LogP contribution is 2.14. The van der Waals surface area contributed by atoms with Crippen LogP contribution >= 0.6 is 0 Å². The van der Waals surface area contributed by atoms with Gasteiger partial charge in [-0.1, -0.05) is 29.8 Å². The van der Waals surface area contributed by atoms with Gasteiger partial charge in [0.05, 0.1) is 6.54 Å². The fourth-order valence-electron chi connectivity index (χ4n) is 3.23. The van der Waals surface area contributed by atoms with E-state index in [1.165, 1.54) is 0 Å². The number of hydrogen-bond donors (Lipinski definition) is 2. The maximum Gasteiger partial charge on any atom is 0.253 e. The molecule has 2 aromatic rings. The summed E-state index contributed by atoms with van der Waals surface area (Å²) in [6.07, 6.45) is 2.10. The van der Waals surface area contributed by atoms with Crippen molar-refractivity contribution in [1.29, 1.82) is 0 Å². The summed E-state index contributed by atoms with van der Waals surface area (Å²) in [4.78, 5) is 38.5. The van der Waals surface area contributed by atoms with Gasteiger partial charge >= 0.3 is 0 Å². The van der Waals surface area contributed by atoms with Crippen LogP contribution in [0.5, 0.6) is 0 Å². The van der Waals surface area contributed by atoms with E-state index in [1.807, 2.05) is 36.1 Å². The summed E-state index contributed by atoms with van der Waals surface area (Å²) in [6.45, 7) is 3.73. The molecule has 0 spiro atoms. The van der Waals surface area contributed by atoms with Crippen LogP contribution in [-0.4, -0.2) is 42.3 Å². The van der Waals surface area contributed by atoms with Crippen LogP contribution in [0.1, 0.15) is 44.7 Å². The van der Waals surface area contributed by atoms with Crippen LogP contribution in [0.25, 0.3) is 0 Å². The Labute approximate surface area is 164 Å². The molecule has 0 radical (unpaired) electrons. The van der Waals surface area contributed by atoms with E-state index in [1.54, 1.807) is 24.3 Å². The van der Waals surface area contributed by atoms with E-state index >= 15 is 0 Å². The summed E-state index contributed by atoms with van der Waals surface area (Å²) >= 11 is 0. The van der Waals surface area contributed by atoms with Gasteiger partial charge in [0.25, 0.3) is 11.8 Å². The molecule has 28 heavy (non-hydrogen) atoms. The van der Waals surface area contributed by atoms with Gasteiger partial charge in [-0.3, -0.25) is 14.4 Å². The lowest BCUT2D eigenvalue weighted by molar-refractivity contribution is -0.120. The second kappa shape index (κ2) is 9.17. The van der Waals surface area contributed by atoms with Crippen molar-refractivity contribution in [2.75, 3.05) is 19.6 Å². The van der Waals surface area contributed by atoms with Crippen molar-refractivity contribution in [2.45, 2.75) is 26.3 Å². The largest absolute Gasteiger partial charge is 0.350 e. The summed E-state index contributed by atoms with van der Waals surface area (Å²) in [5, 5.41) is 5.39. The third-order valence-corrected chi connectivity index (χ3v) is 4.75. The molecule has 6 nitrogen and oxygen atoms in total. The Balaban J connectivity index is 1.48. The Morgan fingerprint density at radius 1 is 0.929 bits per heavy atom. The van der Waals surface area contributed by atoms with Crippen molar-refractivity contribution in [2.24, 2.45) is 0 Å². The molecule has 146 valence electrons. The second-order valence-corrected chi connectivity index (χ2v) is 7.03. The topological polar surface area (TPSA) is 78.5 Å². The zero-order valence-electron chi connectivity index (χ0n) is 16.0. The molecule has 0 atom stereocenters. The zero-order valence-corrected chi connectivity index (χ0v) is 16.0. The lowest BCUT2D eigenvalue weighted by Gasteiger charge is -2.15. The molecule has 2 aromatic carbocycles. The minimum Gasteiger partial charge on any atom is -0.350 e. The maximum absolute atomic E-state index is 12.5. The Kier molecular flexibility index (Phi) is 6.42. The lowest BCUT2D eigenvalue weighted by atomic mass is 10.1. The fourth-order valence-corrected chi connectivity index (χ4v) is 3.23. The number of amides is 3. The Morgan fingerprint density at radius 2 is 1.64 bits per heavy atom. The fraction of sp³-hybridized carbons (Fsp3) is 0.318. The van der Waals surface area contributed by atoms with Crippen LogP contribution in [0, 0.1) is 6.92 Å². The number of rotatable bonds is 6. The molecule has 1 aliphatic rings. The lowest BCUT2D eigenvalue weighted by Crippen LogP contribution is -2.36. The molecule has 2 N–H and O–H groups in total. The van der Waals surface area contributed by atoms with Crippen molar-refractivity contribution >= 4 is 17.7 Å². The van der Waals surface area contributed by atoms with Crippen LogP contribution in [0.4, 0.5) is 0 Å². The molecule has 3 rings (SSSR count). The van der Waals surface area contributed by atoms with Gasteiger partial charge in [-0.15, -0.1) is 0 Å². The first kappa shape index (κ1) is 19.6. The first-order valence-electron chi connectivity index (χ1n) is 9.53. The van der Waals surface area contributed by atoms with E-state index in [0.717, 1.165) is 37.1 Å². The Bertz CT molecular complexity index is 873. The van der Waals surface area contributed by atoms with E-state index in [-0.39, 0.29) is 24.3 Å². The second-order valence-electron chi connectivity index (χ2n) is 7.03. The molecule has 6 heteroatoms. The van der Waals surface area contributed by atoms with E-state index in [9.17, 15) is 14.4 Å². The third-order valence-electron chi connectivity index (χ3n) is 4.75. The van der Waals surface area contributed by atoms with Gasteiger partial charge in [-0.05, 0) is 49.6 Å². The van der Waals surface area contributed by atoms with Gasteiger partial charge in [-0.2, -0.15) is 0 Å². The van der Waals surface area contributed by atoms with Gasteiger partial charge in [0.2, 0.25) is 5.91 Å². The monoisotopic (exact) mass is 379 g/mol. The van der Waals surface area contributed by atoms with Gasteiger partial charge in [0.1, 0.15) is 0 Å². The van der Waals surface area contributed by atoms with Crippen molar-refractivity contribution in [1.82, 2.24) is 15.5 Å². The standard InChI is InChI=1S/C22H25N3O3/c1-16-6-4-8-18(12-16)21(27)24-15-20(26)23-14-17-7-5-9-19(13-17)22(28)25-10-2-3-11-25/h4-9,12-13H,2-3,10-11,14-15H2,1H3,(H,23,26)(H,24,27). The molecule has 1 aliphatic heterocycles. The molecule has 0 saturated carbocycles. The van der Waals surface area contributed by atoms with Crippen LogP contribution < -0.4 is 10.6 Å². The zero-order chi connectivity index (χ0) is 19.9. The Hall–Kier alpha value is -3.15. The highest BCUT2D eigenvalue weighted by atomic mass is 16.2. The summed E-state index contributed by atoms with van der Waals surface area (Å²) in [5.74, 6) is -0.523. The highest BCUT2D eigenvalue weighted by molar-refractivity contribution is 5.96. The number of likely N-dealkylation sites (tertiary alicyclic amines) is 1. The predicted octanol–water partition coefficient (Wildman–Crippen LogP) is 2.28. The quantitative estimate of drug-likeness (QED) is 0.808. The summed E-state index contributed by atoms with van der Waals surface area (Å²) in [5.41, 5.74) is 3.01. The number of hydrogen-bond acceptors (Lipinski definition) is 3. The number of nitrogens with one attached hydrogen (secondary N) is 2. The van der Waals surface area contributed by atoms with Crippen LogP contribution in [0.2, 0.25) is 0 Å². The predicted molar refractivity (Wildman–Crippen MR) is 107 cm³/mol. The van der Waals surface area contributed by atoms with E-state index < -0.39 is 0 Å². The number of aryl methyl sites for hydroxylation is 1. The number of benzene rings is 2. The van der Waals surface area contributed by atoms with Crippen LogP contribution in [0.3, 0.4) is 0 Å². The molecule has 3 amide bonds. The van der Waals surface area contributed by atoms with Crippen molar-refractivity contribution in [3.63, 3.8) is 0 Å². The average molecular weight is 379 g/mol. The minimum atomic E-state index is -0.281. The van der Waals surface area contributed by atoms with Crippen molar-refractivity contribution in [3.8, 4) is 0 Å². The van der Waals surface area contributed by atoms with E-state index in [2.05, 4.69) is 10.6 Å². The van der Waals surface area contributed by atoms with Crippen molar-refractivity contribution < 1.29 is 14.4 Å². The summed E-state index contributed by atoms with van der Waals surface area (Å²) in [7, 11) is 0.